The van der Waals surface area contributed by atoms with Crippen LogP contribution in [0.15, 0.2) is 34.9 Å². The second-order valence-corrected chi connectivity index (χ2v) is 5.83. The lowest BCUT2D eigenvalue weighted by molar-refractivity contribution is 0.146. The van der Waals surface area contributed by atoms with Crippen molar-refractivity contribution in [3.8, 4) is 11.6 Å². The molecule has 6 nitrogen and oxygen atoms in total. The van der Waals surface area contributed by atoms with Gasteiger partial charge in [-0.2, -0.15) is 10.1 Å². The van der Waals surface area contributed by atoms with Crippen LogP contribution in [0.4, 0.5) is 8.78 Å². The molecule has 4 rings (SSSR count). The molecule has 1 aliphatic carbocycles. The van der Waals surface area contributed by atoms with Gasteiger partial charge in [-0.1, -0.05) is 29.4 Å². The van der Waals surface area contributed by atoms with Gasteiger partial charge in [0.1, 0.15) is 5.69 Å². The lowest BCUT2D eigenvalue weighted by atomic mass is 9.91. The van der Waals surface area contributed by atoms with Gasteiger partial charge >= 0.3 is 0 Å². The number of aromatic amines is 1. The van der Waals surface area contributed by atoms with E-state index in [1.165, 1.54) is 6.07 Å². The number of nitrogens with zero attached hydrogens (tertiary/aromatic N) is 3. The van der Waals surface area contributed by atoms with Crippen molar-refractivity contribution in [2.24, 2.45) is 0 Å². The van der Waals surface area contributed by atoms with Gasteiger partial charge in [0.2, 0.25) is 0 Å². The standard InChI is InChI=1S/C16H14F2N4O2/c17-13(18)11-7-12(21-20-11)14-19-15(22-24-14)16(5-6-16)10-4-2-1-3-9(10)8-23/h1-4,7,13,23H,5-6,8H2,(H,20,21). The number of halogens is 2. The molecule has 24 heavy (non-hydrogen) atoms. The summed E-state index contributed by atoms with van der Waals surface area (Å²) >= 11 is 0. The number of hydrogen-bond donors (Lipinski definition) is 2. The molecule has 0 aliphatic heterocycles. The maximum absolute atomic E-state index is 12.6. The number of nitrogens with one attached hydrogen (secondary N) is 1. The Kier molecular flexibility index (Phi) is 3.42. The molecule has 0 bridgehead atoms. The maximum atomic E-state index is 12.6. The van der Waals surface area contributed by atoms with Crippen LogP contribution < -0.4 is 0 Å². The first-order chi connectivity index (χ1) is 11.6. The van der Waals surface area contributed by atoms with Gasteiger partial charge in [0.15, 0.2) is 11.5 Å². The van der Waals surface area contributed by atoms with Crippen molar-refractivity contribution < 1.29 is 18.4 Å². The van der Waals surface area contributed by atoms with Gasteiger partial charge in [-0.3, -0.25) is 5.10 Å². The van der Waals surface area contributed by atoms with E-state index in [1.807, 2.05) is 24.3 Å². The van der Waals surface area contributed by atoms with Gasteiger partial charge in [-0.25, -0.2) is 8.78 Å². The van der Waals surface area contributed by atoms with Crippen molar-refractivity contribution in [2.45, 2.75) is 31.3 Å². The van der Waals surface area contributed by atoms with Crippen LogP contribution >= 0.6 is 0 Å². The monoisotopic (exact) mass is 332 g/mol. The third kappa shape index (κ3) is 2.30. The second-order valence-electron chi connectivity index (χ2n) is 5.83. The molecule has 2 aromatic heterocycles. The minimum Gasteiger partial charge on any atom is -0.392 e. The van der Waals surface area contributed by atoms with E-state index in [4.69, 9.17) is 4.52 Å². The second kappa shape index (κ2) is 5.48. The minimum absolute atomic E-state index is 0.0697. The number of hydrogen-bond acceptors (Lipinski definition) is 5. The molecule has 3 aromatic rings. The molecule has 1 saturated carbocycles. The third-order valence-corrected chi connectivity index (χ3v) is 4.36. The fourth-order valence-electron chi connectivity index (χ4n) is 2.94. The first-order valence-corrected chi connectivity index (χ1v) is 7.51. The van der Waals surface area contributed by atoms with Crippen LogP contribution in [0.3, 0.4) is 0 Å². The average molecular weight is 332 g/mol. The van der Waals surface area contributed by atoms with Gasteiger partial charge in [0.25, 0.3) is 12.3 Å². The molecule has 0 atom stereocenters. The number of H-pyrrole nitrogens is 1. The van der Waals surface area contributed by atoms with E-state index in [-0.39, 0.29) is 29.3 Å². The van der Waals surface area contributed by atoms with Crippen LogP contribution in [-0.4, -0.2) is 25.4 Å². The van der Waals surface area contributed by atoms with E-state index in [0.717, 1.165) is 24.0 Å². The number of aliphatic hydroxyl groups is 1. The van der Waals surface area contributed by atoms with E-state index in [0.29, 0.717) is 5.82 Å². The Morgan fingerprint density at radius 1 is 1.29 bits per heavy atom. The van der Waals surface area contributed by atoms with E-state index < -0.39 is 6.43 Å². The molecule has 0 unspecified atom stereocenters. The third-order valence-electron chi connectivity index (χ3n) is 4.36. The predicted octanol–water partition coefficient (Wildman–Crippen LogP) is 2.97. The Morgan fingerprint density at radius 2 is 2.08 bits per heavy atom. The van der Waals surface area contributed by atoms with Gasteiger partial charge in [0.05, 0.1) is 12.0 Å². The Balaban J connectivity index is 1.69. The number of aliphatic hydroxyl groups excluding tert-OH is 1. The summed E-state index contributed by atoms with van der Waals surface area (Å²) in [6.07, 6.45) is -0.961. The van der Waals surface area contributed by atoms with Crippen LogP contribution in [0.1, 0.15) is 41.9 Å². The maximum Gasteiger partial charge on any atom is 0.279 e. The van der Waals surface area contributed by atoms with Crippen molar-refractivity contribution in [1.29, 1.82) is 0 Å². The molecule has 0 radical (unpaired) electrons. The Morgan fingerprint density at radius 3 is 2.75 bits per heavy atom. The summed E-state index contributed by atoms with van der Waals surface area (Å²) in [6.45, 7) is -0.0697. The summed E-state index contributed by atoms with van der Waals surface area (Å²) < 4.78 is 30.5. The average Bonchev–Trinajstić information content (AvgIpc) is 3.02. The summed E-state index contributed by atoms with van der Waals surface area (Å²) in [5, 5.41) is 19.6. The van der Waals surface area contributed by atoms with Crippen molar-refractivity contribution in [1.82, 2.24) is 20.3 Å². The molecule has 0 spiro atoms. The van der Waals surface area contributed by atoms with Crippen LogP contribution in [0.5, 0.6) is 0 Å². The first-order valence-electron chi connectivity index (χ1n) is 7.51. The van der Waals surface area contributed by atoms with Crippen molar-refractivity contribution >= 4 is 0 Å². The largest absolute Gasteiger partial charge is 0.392 e. The first kappa shape index (κ1) is 14.9. The van der Waals surface area contributed by atoms with E-state index in [2.05, 4.69) is 20.3 Å². The van der Waals surface area contributed by atoms with Gasteiger partial charge in [0, 0.05) is 0 Å². The smallest absolute Gasteiger partial charge is 0.279 e. The molecule has 2 heterocycles. The zero-order valence-electron chi connectivity index (χ0n) is 12.5. The molecule has 1 fully saturated rings. The highest BCUT2D eigenvalue weighted by molar-refractivity contribution is 5.49. The van der Waals surface area contributed by atoms with Crippen LogP contribution in [0.2, 0.25) is 0 Å². The summed E-state index contributed by atoms with van der Waals surface area (Å²) in [5.74, 6) is 0.584. The minimum atomic E-state index is -2.64. The highest BCUT2D eigenvalue weighted by Crippen LogP contribution is 2.53. The lowest BCUT2D eigenvalue weighted by Crippen LogP contribution is -2.13. The topological polar surface area (TPSA) is 87.8 Å². The summed E-state index contributed by atoms with van der Waals surface area (Å²) in [5.41, 5.74) is 1.30. The summed E-state index contributed by atoms with van der Waals surface area (Å²) in [4.78, 5) is 4.35. The quantitative estimate of drug-likeness (QED) is 0.750. The SMILES string of the molecule is OCc1ccccc1C1(c2noc(-c3cc(C(F)F)[nH]n3)n2)CC1. The Bertz CT molecular complexity index is 870. The van der Waals surface area contributed by atoms with Gasteiger partial charge in [-0.15, -0.1) is 0 Å². The van der Waals surface area contributed by atoms with E-state index >= 15 is 0 Å². The fourth-order valence-corrected chi connectivity index (χ4v) is 2.94. The molecule has 124 valence electrons. The molecule has 1 aliphatic rings. The van der Waals surface area contributed by atoms with Gasteiger partial charge < -0.3 is 9.63 Å². The summed E-state index contributed by atoms with van der Waals surface area (Å²) in [7, 11) is 0. The number of rotatable bonds is 5. The number of benzene rings is 1. The van der Waals surface area contributed by atoms with Crippen molar-refractivity contribution in [2.75, 3.05) is 0 Å². The molecular weight excluding hydrogens is 318 g/mol. The number of aromatic nitrogens is 4. The lowest BCUT2D eigenvalue weighted by Gasteiger charge is -2.14. The fraction of sp³-hybridized carbons (Fsp3) is 0.312. The Labute approximate surface area is 135 Å². The van der Waals surface area contributed by atoms with Crippen molar-refractivity contribution in [3.63, 3.8) is 0 Å². The van der Waals surface area contributed by atoms with E-state index in [9.17, 15) is 13.9 Å². The van der Waals surface area contributed by atoms with Crippen molar-refractivity contribution in [3.05, 3.63) is 53.0 Å². The highest BCUT2D eigenvalue weighted by atomic mass is 19.3. The van der Waals surface area contributed by atoms with Crippen LogP contribution in [0, 0.1) is 0 Å². The Hall–Kier alpha value is -2.61. The van der Waals surface area contributed by atoms with Crippen LogP contribution in [0.25, 0.3) is 11.6 Å². The molecule has 2 N–H and O–H groups in total. The molecule has 1 aromatic carbocycles. The zero-order valence-corrected chi connectivity index (χ0v) is 12.5. The predicted molar refractivity (Wildman–Crippen MR) is 79.2 cm³/mol. The molecule has 0 amide bonds. The van der Waals surface area contributed by atoms with Crippen LogP contribution in [-0.2, 0) is 12.0 Å². The molecule has 0 saturated heterocycles. The normalized spacial score (nSPS) is 15.8. The highest BCUT2D eigenvalue weighted by Gasteiger charge is 2.51. The zero-order chi connectivity index (χ0) is 16.7. The molecular formula is C16H14F2N4O2. The number of alkyl halides is 2. The van der Waals surface area contributed by atoms with Gasteiger partial charge in [-0.05, 0) is 30.0 Å². The van der Waals surface area contributed by atoms with E-state index in [1.54, 1.807) is 0 Å². The summed E-state index contributed by atoms with van der Waals surface area (Å²) in [6, 6.07) is 8.76. The molecule has 8 heteroatoms.